The van der Waals surface area contributed by atoms with E-state index in [1.807, 2.05) is 0 Å². The molecule has 0 atom stereocenters. The molecule has 3 N–H and O–H groups in total. The summed E-state index contributed by atoms with van der Waals surface area (Å²) < 4.78 is 10.5. The van der Waals surface area contributed by atoms with Crippen LogP contribution in [0.4, 0.5) is 16.2 Å². The van der Waals surface area contributed by atoms with Crippen LogP contribution in [-0.2, 0) is 11.3 Å². The summed E-state index contributed by atoms with van der Waals surface area (Å²) in [4.78, 5) is 11.7. The zero-order valence-electron chi connectivity index (χ0n) is 11.2. The van der Waals surface area contributed by atoms with Crippen molar-refractivity contribution in [3.63, 3.8) is 0 Å². The Morgan fingerprint density at radius 1 is 1.53 bits per heavy atom. The first-order valence-corrected chi connectivity index (χ1v) is 6.03. The molecule has 0 aliphatic carbocycles. The molecule has 6 heteroatoms. The summed E-state index contributed by atoms with van der Waals surface area (Å²) in [6.45, 7) is 5.60. The van der Waals surface area contributed by atoms with Gasteiger partial charge in [-0.1, -0.05) is 0 Å². The van der Waals surface area contributed by atoms with E-state index in [1.165, 1.54) is 0 Å². The number of aliphatic hydroxyl groups excluding tert-OH is 1. The Balaban J connectivity index is 2.15. The Bertz CT molecular complexity index is 494. The van der Waals surface area contributed by atoms with Gasteiger partial charge >= 0.3 is 6.09 Å². The molecule has 6 nitrogen and oxygen atoms in total. The van der Waals surface area contributed by atoms with Crippen molar-refractivity contribution in [3.8, 4) is 5.75 Å². The number of hydrogen-bond acceptors (Lipinski definition) is 5. The van der Waals surface area contributed by atoms with Gasteiger partial charge in [-0.25, -0.2) is 4.79 Å². The quantitative estimate of drug-likeness (QED) is 0.765. The molecule has 0 bridgehead atoms. The monoisotopic (exact) mass is 266 g/mol. The second kappa shape index (κ2) is 4.97. The Morgan fingerprint density at radius 3 is 2.89 bits per heavy atom. The first kappa shape index (κ1) is 13.5. The summed E-state index contributed by atoms with van der Waals surface area (Å²) in [5, 5.41) is 14.9. The van der Waals surface area contributed by atoms with Crippen LogP contribution in [0.5, 0.6) is 5.75 Å². The highest BCUT2D eigenvalue weighted by Gasteiger charge is 2.20. The topological polar surface area (TPSA) is 79.8 Å². The molecule has 0 saturated heterocycles. The molecule has 0 fully saturated rings. The van der Waals surface area contributed by atoms with Crippen molar-refractivity contribution in [1.29, 1.82) is 0 Å². The van der Waals surface area contributed by atoms with Crippen LogP contribution in [0.2, 0.25) is 0 Å². The maximum atomic E-state index is 11.7. The molecule has 1 aliphatic heterocycles. The van der Waals surface area contributed by atoms with Crippen LogP contribution in [0.3, 0.4) is 0 Å². The van der Waals surface area contributed by atoms with E-state index < -0.39 is 11.7 Å². The standard InChI is InChI=1S/C13H18N2O4/c1-13(2,3)19-12(17)15-9-4-8(6-16)11-10(5-9)18-7-14-11/h4-5,14,16H,6-7H2,1-3H3,(H,15,17). The van der Waals surface area contributed by atoms with E-state index in [-0.39, 0.29) is 6.61 Å². The highest BCUT2D eigenvalue weighted by Crippen LogP contribution is 2.36. The van der Waals surface area contributed by atoms with Crippen LogP contribution in [0, 0.1) is 0 Å². The average Bonchev–Trinajstić information content (AvgIpc) is 2.73. The van der Waals surface area contributed by atoms with Crippen molar-refractivity contribution in [1.82, 2.24) is 0 Å². The number of nitrogens with one attached hydrogen (secondary N) is 2. The van der Waals surface area contributed by atoms with Crippen LogP contribution < -0.4 is 15.4 Å². The highest BCUT2D eigenvalue weighted by molar-refractivity contribution is 5.86. The summed E-state index contributed by atoms with van der Waals surface area (Å²) in [6.07, 6.45) is -0.540. The number of hydrogen-bond donors (Lipinski definition) is 3. The van der Waals surface area contributed by atoms with Gasteiger partial charge in [-0.15, -0.1) is 0 Å². The molecule has 1 aromatic rings. The largest absolute Gasteiger partial charge is 0.471 e. The molecule has 2 rings (SSSR count). The Labute approximate surface area is 111 Å². The second-order valence-electron chi connectivity index (χ2n) is 5.26. The lowest BCUT2D eigenvalue weighted by Gasteiger charge is -2.20. The van der Waals surface area contributed by atoms with E-state index in [0.717, 1.165) is 5.69 Å². The number of rotatable bonds is 2. The van der Waals surface area contributed by atoms with Crippen LogP contribution in [0.15, 0.2) is 12.1 Å². The summed E-state index contributed by atoms with van der Waals surface area (Å²) in [5.41, 5.74) is 1.40. The molecule has 1 heterocycles. The van der Waals surface area contributed by atoms with Gasteiger partial charge in [0, 0.05) is 17.3 Å². The van der Waals surface area contributed by atoms with Gasteiger partial charge < -0.3 is 19.9 Å². The molecule has 104 valence electrons. The van der Waals surface area contributed by atoms with Crippen LogP contribution in [0.25, 0.3) is 0 Å². The number of benzene rings is 1. The van der Waals surface area contributed by atoms with Crippen molar-refractivity contribution in [2.75, 3.05) is 17.4 Å². The number of carbonyl (C=O) groups excluding carboxylic acids is 1. The van der Waals surface area contributed by atoms with Crippen molar-refractivity contribution in [2.24, 2.45) is 0 Å². The molecule has 0 saturated carbocycles. The van der Waals surface area contributed by atoms with Gasteiger partial charge in [0.1, 0.15) is 11.4 Å². The van der Waals surface area contributed by atoms with Gasteiger partial charge in [0.15, 0.2) is 6.73 Å². The normalized spacial score (nSPS) is 13.3. The highest BCUT2D eigenvalue weighted by atomic mass is 16.6. The van der Waals surface area contributed by atoms with Gasteiger partial charge in [-0.3, -0.25) is 5.32 Å². The molecule has 1 aromatic carbocycles. The van der Waals surface area contributed by atoms with Crippen molar-refractivity contribution in [3.05, 3.63) is 17.7 Å². The zero-order valence-corrected chi connectivity index (χ0v) is 11.2. The van der Waals surface area contributed by atoms with Crippen LogP contribution >= 0.6 is 0 Å². The third-order valence-corrected chi connectivity index (χ3v) is 2.48. The fourth-order valence-corrected chi connectivity index (χ4v) is 1.79. The van der Waals surface area contributed by atoms with Gasteiger partial charge in [-0.05, 0) is 26.8 Å². The molecule has 1 amide bonds. The summed E-state index contributed by atoms with van der Waals surface area (Å²) in [6, 6.07) is 3.38. The van der Waals surface area contributed by atoms with E-state index in [2.05, 4.69) is 10.6 Å². The van der Waals surface area contributed by atoms with E-state index in [9.17, 15) is 9.90 Å². The van der Waals surface area contributed by atoms with Crippen LogP contribution in [-0.4, -0.2) is 23.5 Å². The third-order valence-electron chi connectivity index (χ3n) is 2.48. The summed E-state index contributed by atoms with van der Waals surface area (Å²) in [5.74, 6) is 0.609. The summed E-state index contributed by atoms with van der Waals surface area (Å²) in [7, 11) is 0. The van der Waals surface area contributed by atoms with Gasteiger partial charge in [0.2, 0.25) is 0 Å². The van der Waals surface area contributed by atoms with Crippen molar-refractivity contribution < 1.29 is 19.4 Å². The number of carbonyl (C=O) groups is 1. The number of fused-ring (bicyclic) bond motifs is 1. The van der Waals surface area contributed by atoms with E-state index in [0.29, 0.717) is 23.7 Å². The lowest BCUT2D eigenvalue weighted by atomic mass is 10.1. The van der Waals surface area contributed by atoms with Crippen molar-refractivity contribution in [2.45, 2.75) is 33.0 Å². The SMILES string of the molecule is CC(C)(C)OC(=O)Nc1cc(CO)c2c(c1)OCN2. The Morgan fingerprint density at radius 2 is 2.26 bits per heavy atom. The van der Waals surface area contributed by atoms with E-state index >= 15 is 0 Å². The smallest absolute Gasteiger partial charge is 0.412 e. The van der Waals surface area contributed by atoms with Crippen molar-refractivity contribution >= 4 is 17.5 Å². The van der Waals surface area contributed by atoms with E-state index in [4.69, 9.17) is 9.47 Å². The molecular formula is C13H18N2O4. The van der Waals surface area contributed by atoms with Gasteiger partial charge in [0.05, 0.1) is 12.3 Å². The van der Waals surface area contributed by atoms with Crippen LogP contribution in [0.1, 0.15) is 26.3 Å². The predicted octanol–water partition coefficient (Wildman–Crippen LogP) is 2.29. The first-order chi connectivity index (χ1) is 8.89. The zero-order chi connectivity index (χ0) is 14.0. The maximum absolute atomic E-state index is 11.7. The number of aliphatic hydroxyl groups is 1. The Kier molecular flexibility index (Phi) is 3.53. The van der Waals surface area contributed by atoms with Gasteiger partial charge in [0.25, 0.3) is 0 Å². The lowest BCUT2D eigenvalue weighted by molar-refractivity contribution is 0.0636. The fraction of sp³-hybridized carbons (Fsp3) is 0.462. The number of amides is 1. The molecule has 0 spiro atoms. The van der Waals surface area contributed by atoms with Gasteiger partial charge in [-0.2, -0.15) is 0 Å². The van der Waals surface area contributed by atoms with E-state index in [1.54, 1.807) is 32.9 Å². The minimum absolute atomic E-state index is 0.136. The second-order valence-corrected chi connectivity index (χ2v) is 5.26. The fourth-order valence-electron chi connectivity index (χ4n) is 1.79. The summed E-state index contributed by atoms with van der Waals surface area (Å²) >= 11 is 0. The first-order valence-electron chi connectivity index (χ1n) is 6.03. The minimum atomic E-state index is -0.557. The molecule has 0 unspecified atom stereocenters. The minimum Gasteiger partial charge on any atom is -0.471 e. The molecular weight excluding hydrogens is 248 g/mol. The molecule has 1 aliphatic rings. The Hall–Kier alpha value is -1.95. The third kappa shape index (κ3) is 3.29. The maximum Gasteiger partial charge on any atom is 0.412 e. The average molecular weight is 266 g/mol. The molecule has 19 heavy (non-hydrogen) atoms. The number of ether oxygens (including phenoxy) is 2. The lowest BCUT2D eigenvalue weighted by Crippen LogP contribution is -2.27. The molecule has 0 radical (unpaired) electrons. The predicted molar refractivity (Wildman–Crippen MR) is 71.3 cm³/mol. The number of anilines is 2. The molecule has 0 aromatic heterocycles.